The maximum Gasteiger partial charge on any atom is 0.345 e. The van der Waals surface area contributed by atoms with E-state index in [1.54, 1.807) is 4.90 Å². The van der Waals surface area contributed by atoms with E-state index >= 15 is 0 Å². The summed E-state index contributed by atoms with van der Waals surface area (Å²) >= 11 is 0. The molecule has 1 amide bonds. The van der Waals surface area contributed by atoms with Gasteiger partial charge in [0.2, 0.25) is 6.10 Å². The molecular formula is C24H29NO4. The summed E-state index contributed by atoms with van der Waals surface area (Å²) in [5.74, 6) is -0.0262. The van der Waals surface area contributed by atoms with Crippen LogP contribution in [-0.4, -0.2) is 36.5 Å². The summed E-state index contributed by atoms with van der Waals surface area (Å²) in [4.78, 5) is 27.4. The smallest absolute Gasteiger partial charge is 0.345 e. The maximum atomic E-state index is 13.1. The quantitative estimate of drug-likeness (QED) is 0.685. The molecule has 1 heterocycles. The zero-order valence-corrected chi connectivity index (χ0v) is 17.4. The number of hydrogen-bond donors (Lipinski definition) is 0. The highest BCUT2D eigenvalue weighted by molar-refractivity contribution is 5.85. The monoisotopic (exact) mass is 395 g/mol. The third kappa shape index (κ3) is 5.37. The molecule has 0 bridgehead atoms. The molecule has 1 atom stereocenters. The number of nitrogens with zero attached hydrogens (tertiary/aromatic N) is 1. The summed E-state index contributed by atoms with van der Waals surface area (Å²) in [6.45, 7) is 7.10. The number of piperidine rings is 1. The van der Waals surface area contributed by atoms with Crippen molar-refractivity contribution in [3.8, 4) is 5.75 Å². The molecule has 0 aromatic heterocycles. The number of esters is 1. The van der Waals surface area contributed by atoms with Crippen LogP contribution in [0.15, 0.2) is 42.5 Å². The Morgan fingerprint density at radius 1 is 0.966 bits per heavy atom. The van der Waals surface area contributed by atoms with E-state index in [0.717, 1.165) is 36.0 Å². The Kier molecular flexibility index (Phi) is 6.91. The van der Waals surface area contributed by atoms with E-state index < -0.39 is 12.1 Å². The molecule has 3 rings (SSSR count). The van der Waals surface area contributed by atoms with Crippen molar-refractivity contribution in [2.75, 3.05) is 19.7 Å². The van der Waals surface area contributed by atoms with Crippen molar-refractivity contribution in [3.63, 3.8) is 0 Å². The molecule has 0 unspecified atom stereocenters. The molecule has 5 nitrogen and oxygen atoms in total. The van der Waals surface area contributed by atoms with E-state index in [9.17, 15) is 9.59 Å². The fraction of sp³-hybridized carbons (Fsp3) is 0.417. The highest BCUT2D eigenvalue weighted by Gasteiger charge is 2.30. The number of hydrogen-bond acceptors (Lipinski definition) is 4. The van der Waals surface area contributed by atoms with Crippen molar-refractivity contribution in [1.82, 2.24) is 4.90 Å². The zero-order chi connectivity index (χ0) is 20.8. The molecule has 1 aliphatic rings. The van der Waals surface area contributed by atoms with Gasteiger partial charge in [0.1, 0.15) is 5.75 Å². The molecule has 2 aromatic carbocycles. The Bertz CT molecular complexity index is 833. The number of carbonyl (C=O) groups excluding carboxylic acids is 2. The van der Waals surface area contributed by atoms with Gasteiger partial charge in [-0.2, -0.15) is 0 Å². The van der Waals surface area contributed by atoms with Gasteiger partial charge < -0.3 is 14.4 Å². The van der Waals surface area contributed by atoms with Crippen LogP contribution < -0.4 is 4.74 Å². The van der Waals surface area contributed by atoms with E-state index in [0.29, 0.717) is 24.4 Å². The second-order valence-electron chi connectivity index (χ2n) is 7.68. The summed E-state index contributed by atoms with van der Waals surface area (Å²) in [5, 5.41) is 0. The fourth-order valence-electron chi connectivity index (χ4n) is 3.86. The number of amides is 1. The molecule has 0 saturated carbocycles. The largest absolute Gasteiger partial charge is 0.481 e. The van der Waals surface area contributed by atoms with Crippen molar-refractivity contribution >= 4 is 11.9 Å². The summed E-state index contributed by atoms with van der Waals surface area (Å²) < 4.78 is 11.4. The van der Waals surface area contributed by atoms with Crippen LogP contribution in [0.3, 0.4) is 0 Å². The number of aryl methyl sites for hydroxylation is 3. The van der Waals surface area contributed by atoms with Crippen molar-refractivity contribution in [2.24, 2.45) is 0 Å². The van der Waals surface area contributed by atoms with Gasteiger partial charge in [-0.25, -0.2) is 4.79 Å². The van der Waals surface area contributed by atoms with Gasteiger partial charge in [-0.1, -0.05) is 48.0 Å². The number of benzene rings is 2. The van der Waals surface area contributed by atoms with Crippen molar-refractivity contribution in [1.29, 1.82) is 0 Å². The average Bonchev–Trinajstić information content (AvgIpc) is 2.72. The van der Waals surface area contributed by atoms with Crippen LogP contribution >= 0.6 is 0 Å². The molecule has 1 aliphatic heterocycles. The number of likely N-dealkylation sites (tertiary alicyclic amines) is 1. The Morgan fingerprint density at radius 2 is 1.59 bits per heavy atom. The van der Waals surface area contributed by atoms with Gasteiger partial charge in [-0.05, 0) is 51.2 Å². The third-order valence-corrected chi connectivity index (χ3v) is 5.18. The minimum atomic E-state index is -0.939. The van der Waals surface area contributed by atoms with Gasteiger partial charge in [0.05, 0.1) is 0 Å². The lowest BCUT2D eigenvalue weighted by molar-refractivity contribution is -0.163. The summed E-state index contributed by atoms with van der Waals surface area (Å²) in [6, 6.07) is 13.2. The van der Waals surface area contributed by atoms with Gasteiger partial charge in [0.15, 0.2) is 6.61 Å². The van der Waals surface area contributed by atoms with Crippen LogP contribution in [0.1, 0.15) is 47.6 Å². The number of carbonyl (C=O) groups is 2. The fourth-order valence-corrected chi connectivity index (χ4v) is 3.86. The standard InChI is InChI=1S/C24H29NO4/c1-17-14-18(2)22(19(3)15-17)28-16-21(26)29-23(20-10-6-4-7-11-20)24(27)25-12-8-5-9-13-25/h4,6-7,10-11,14-15,23H,5,8-9,12-13,16H2,1-3H3/t23-/m1/s1. The Hall–Kier alpha value is -2.82. The molecule has 0 N–H and O–H groups in total. The summed E-state index contributed by atoms with van der Waals surface area (Å²) in [5.41, 5.74) is 3.77. The molecule has 2 aromatic rings. The van der Waals surface area contributed by atoms with Crippen LogP contribution in [0.5, 0.6) is 5.75 Å². The molecule has 0 spiro atoms. The molecule has 29 heavy (non-hydrogen) atoms. The van der Waals surface area contributed by atoms with E-state index in [1.165, 1.54) is 0 Å². The average molecular weight is 395 g/mol. The van der Waals surface area contributed by atoms with E-state index in [-0.39, 0.29) is 12.5 Å². The lowest BCUT2D eigenvalue weighted by Gasteiger charge is -2.30. The third-order valence-electron chi connectivity index (χ3n) is 5.18. The van der Waals surface area contributed by atoms with Crippen molar-refractivity contribution < 1.29 is 19.1 Å². The Morgan fingerprint density at radius 3 is 2.21 bits per heavy atom. The predicted molar refractivity (Wildman–Crippen MR) is 112 cm³/mol. The van der Waals surface area contributed by atoms with E-state index in [2.05, 4.69) is 0 Å². The molecule has 1 saturated heterocycles. The predicted octanol–water partition coefficient (Wildman–Crippen LogP) is 4.29. The van der Waals surface area contributed by atoms with E-state index in [1.807, 2.05) is 63.2 Å². The zero-order valence-electron chi connectivity index (χ0n) is 17.4. The minimum Gasteiger partial charge on any atom is -0.481 e. The van der Waals surface area contributed by atoms with Crippen LogP contribution in [0.25, 0.3) is 0 Å². The molecular weight excluding hydrogens is 366 g/mol. The van der Waals surface area contributed by atoms with Gasteiger partial charge in [-0.3, -0.25) is 4.79 Å². The van der Waals surface area contributed by atoms with Crippen LogP contribution in [0.4, 0.5) is 0 Å². The number of ether oxygens (including phenoxy) is 2. The summed E-state index contributed by atoms with van der Waals surface area (Å²) in [7, 11) is 0. The first-order valence-electron chi connectivity index (χ1n) is 10.2. The Labute approximate surface area is 172 Å². The number of rotatable bonds is 6. The highest BCUT2D eigenvalue weighted by atomic mass is 16.6. The first kappa shape index (κ1) is 20.9. The molecule has 154 valence electrons. The van der Waals surface area contributed by atoms with Crippen LogP contribution in [0, 0.1) is 20.8 Å². The van der Waals surface area contributed by atoms with Gasteiger partial charge in [-0.15, -0.1) is 0 Å². The van der Waals surface area contributed by atoms with Crippen LogP contribution in [-0.2, 0) is 14.3 Å². The lowest BCUT2D eigenvalue weighted by atomic mass is 10.1. The first-order chi connectivity index (χ1) is 14.0. The van der Waals surface area contributed by atoms with Gasteiger partial charge in [0, 0.05) is 18.7 Å². The topological polar surface area (TPSA) is 55.8 Å². The first-order valence-corrected chi connectivity index (χ1v) is 10.2. The normalized spacial score (nSPS) is 14.9. The second-order valence-corrected chi connectivity index (χ2v) is 7.68. The molecule has 0 aliphatic carbocycles. The molecule has 1 fully saturated rings. The second kappa shape index (κ2) is 9.59. The van der Waals surface area contributed by atoms with Crippen molar-refractivity contribution in [2.45, 2.75) is 46.1 Å². The van der Waals surface area contributed by atoms with Crippen LogP contribution in [0.2, 0.25) is 0 Å². The molecule has 5 heteroatoms. The lowest BCUT2D eigenvalue weighted by Crippen LogP contribution is -2.40. The highest BCUT2D eigenvalue weighted by Crippen LogP contribution is 2.26. The summed E-state index contributed by atoms with van der Waals surface area (Å²) in [6.07, 6.45) is 2.15. The van der Waals surface area contributed by atoms with Gasteiger partial charge >= 0.3 is 5.97 Å². The SMILES string of the molecule is Cc1cc(C)c(OCC(=O)O[C@@H](C(=O)N2CCCCC2)c2ccccc2)c(C)c1. The van der Waals surface area contributed by atoms with Gasteiger partial charge in [0.25, 0.3) is 5.91 Å². The minimum absolute atomic E-state index is 0.160. The molecule has 0 radical (unpaired) electrons. The Balaban J connectivity index is 1.70. The maximum absolute atomic E-state index is 13.1. The van der Waals surface area contributed by atoms with E-state index in [4.69, 9.17) is 9.47 Å². The van der Waals surface area contributed by atoms with Crippen molar-refractivity contribution in [3.05, 3.63) is 64.7 Å².